The lowest BCUT2D eigenvalue weighted by Crippen LogP contribution is -2.28. The van der Waals surface area contributed by atoms with Gasteiger partial charge >= 0.3 is 5.91 Å². The molecule has 2 aromatic heterocycles. The van der Waals surface area contributed by atoms with Crippen LogP contribution in [0.25, 0.3) is 16.0 Å². The molecule has 0 spiro atoms. The summed E-state index contributed by atoms with van der Waals surface area (Å²) in [5.74, 6) is -0.657. The lowest BCUT2D eigenvalue weighted by atomic mass is 9.98. The van der Waals surface area contributed by atoms with Crippen molar-refractivity contribution in [1.82, 2.24) is 4.98 Å². The minimum absolute atomic E-state index is 0.00983. The molecule has 35 heavy (non-hydrogen) atoms. The van der Waals surface area contributed by atoms with Crippen molar-refractivity contribution in [2.24, 2.45) is 0 Å². The highest BCUT2D eigenvalue weighted by atomic mass is 32.1. The third-order valence-corrected chi connectivity index (χ3v) is 7.68. The molecule has 1 N–H and O–H groups in total. The number of rotatable bonds is 6. The Morgan fingerprint density at radius 3 is 2.71 bits per heavy atom. The molecule has 3 heterocycles. The lowest BCUT2D eigenvalue weighted by molar-refractivity contribution is -0.132. The first-order valence-electron chi connectivity index (χ1n) is 11.0. The van der Waals surface area contributed by atoms with E-state index < -0.39 is 17.7 Å². The molecule has 1 aliphatic heterocycles. The van der Waals surface area contributed by atoms with Crippen molar-refractivity contribution in [3.63, 3.8) is 0 Å². The van der Waals surface area contributed by atoms with Crippen LogP contribution in [0.1, 0.15) is 29.0 Å². The second kappa shape index (κ2) is 9.16. The molecule has 1 saturated heterocycles. The zero-order chi connectivity index (χ0) is 24.7. The van der Waals surface area contributed by atoms with Gasteiger partial charge in [0.15, 0.2) is 5.13 Å². The molecule has 4 aromatic rings. The Morgan fingerprint density at radius 1 is 1.17 bits per heavy atom. The molecular weight excluding hydrogens is 484 g/mol. The number of amides is 1. The summed E-state index contributed by atoms with van der Waals surface area (Å²) in [4.78, 5) is 33.5. The summed E-state index contributed by atoms with van der Waals surface area (Å²) in [5, 5.41) is 13.6. The van der Waals surface area contributed by atoms with Crippen LogP contribution in [0.3, 0.4) is 0 Å². The molecule has 0 saturated carbocycles. The first kappa shape index (κ1) is 23.1. The number of benzene rings is 2. The monoisotopic (exact) mass is 506 g/mol. The molecule has 9 heteroatoms. The van der Waals surface area contributed by atoms with E-state index in [2.05, 4.69) is 4.98 Å². The van der Waals surface area contributed by atoms with Crippen LogP contribution < -0.4 is 14.4 Å². The summed E-state index contributed by atoms with van der Waals surface area (Å²) in [6.07, 6.45) is 0. The SMILES string of the molecule is CCOc1ccc2nc(N3C(=O)C(=O)/C(=C(/O)c4cc(C)ccc4OC)C3c3cccs3)sc2c1. The Morgan fingerprint density at radius 2 is 2.00 bits per heavy atom. The molecule has 1 aliphatic rings. The van der Waals surface area contributed by atoms with Gasteiger partial charge < -0.3 is 14.6 Å². The molecule has 1 amide bonds. The van der Waals surface area contributed by atoms with Gasteiger partial charge in [-0.2, -0.15) is 0 Å². The van der Waals surface area contributed by atoms with E-state index in [1.165, 1.54) is 34.7 Å². The molecule has 0 bridgehead atoms. The third-order valence-electron chi connectivity index (χ3n) is 5.73. The Hall–Kier alpha value is -3.69. The van der Waals surface area contributed by atoms with Gasteiger partial charge in [-0.1, -0.05) is 29.0 Å². The smallest absolute Gasteiger partial charge is 0.301 e. The quantitative estimate of drug-likeness (QED) is 0.205. The maximum atomic E-state index is 13.4. The van der Waals surface area contributed by atoms with E-state index >= 15 is 0 Å². The number of anilines is 1. The van der Waals surface area contributed by atoms with Crippen molar-refractivity contribution in [1.29, 1.82) is 0 Å². The number of thiophene rings is 1. The number of hydrogen-bond acceptors (Lipinski definition) is 8. The summed E-state index contributed by atoms with van der Waals surface area (Å²) < 4.78 is 11.8. The Kier molecular flexibility index (Phi) is 6.04. The van der Waals surface area contributed by atoms with Gasteiger partial charge in [-0.3, -0.25) is 14.5 Å². The maximum Gasteiger partial charge on any atom is 0.301 e. The predicted octanol–water partition coefficient (Wildman–Crippen LogP) is 5.70. The molecule has 0 aliphatic carbocycles. The van der Waals surface area contributed by atoms with Gasteiger partial charge in [0.05, 0.1) is 35.1 Å². The summed E-state index contributed by atoms with van der Waals surface area (Å²) in [6, 6.07) is 13.7. The lowest BCUT2D eigenvalue weighted by Gasteiger charge is -2.21. The van der Waals surface area contributed by atoms with Crippen molar-refractivity contribution < 1.29 is 24.2 Å². The number of thiazole rings is 1. The normalized spacial score (nSPS) is 17.3. The molecule has 2 aromatic carbocycles. The first-order valence-corrected chi connectivity index (χ1v) is 12.6. The summed E-state index contributed by atoms with van der Waals surface area (Å²) in [7, 11) is 1.49. The van der Waals surface area contributed by atoms with Crippen LogP contribution in [0, 0.1) is 6.92 Å². The van der Waals surface area contributed by atoms with Gasteiger partial charge in [0.25, 0.3) is 5.78 Å². The molecule has 1 atom stereocenters. The molecule has 1 fully saturated rings. The average molecular weight is 507 g/mol. The van der Waals surface area contributed by atoms with Gasteiger partial charge in [-0.05, 0) is 55.6 Å². The molecular formula is C26H22N2O5S2. The number of Topliss-reactive ketones (excluding diaryl/α,β-unsaturated/α-hetero) is 1. The zero-order valence-electron chi connectivity index (χ0n) is 19.3. The van der Waals surface area contributed by atoms with Crippen molar-refractivity contribution >= 4 is 55.5 Å². The van der Waals surface area contributed by atoms with Crippen LogP contribution >= 0.6 is 22.7 Å². The number of aliphatic hydroxyl groups is 1. The van der Waals surface area contributed by atoms with E-state index in [9.17, 15) is 14.7 Å². The Bertz CT molecular complexity index is 1470. The van der Waals surface area contributed by atoms with Crippen molar-refractivity contribution in [2.75, 3.05) is 18.6 Å². The highest BCUT2D eigenvalue weighted by Crippen LogP contribution is 2.46. The van der Waals surface area contributed by atoms with E-state index in [4.69, 9.17) is 9.47 Å². The third kappa shape index (κ3) is 3.96. The van der Waals surface area contributed by atoms with Crippen molar-refractivity contribution in [3.05, 3.63) is 75.5 Å². The number of aliphatic hydroxyl groups excluding tert-OH is 1. The number of aryl methyl sites for hydroxylation is 1. The highest BCUT2D eigenvalue weighted by Gasteiger charge is 2.48. The fourth-order valence-corrected chi connectivity index (χ4v) is 5.99. The van der Waals surface area contributed by atoms with E-state index in [0.29, 0.717) is 34.3 Å². The van der Waals surface area contributed by atoms with Crippen molar-refractivity contribution in [2.45, 2.75) is 19.9 Å². The first-order chi connectivity index (χ1) is 16.9. The zero-order valence-corrected chi connectivity index (χ0v) is 20.9. The molecule has 0 radical (unpaired) electrons. The second-order valence-corrected chi connectivity index (χ2v) is 9.94. The van der Waals surface area contributed by atoms with Crippen LogP contribution in [0.2, 0.25) is 0 Å². The largest absolute Gasteiger partial charge is 0.507 e. The number of fused-ring (bicyclic) bond motifs is 1. The predicted molar refractivity (Wildman–Crippen MR) is 138 cm³/mol. The average Bonchev–Trinajstić information content (AvgIpc) is 3.57. The van der Waals surface area contributed by atoms with Gasteiger partial charge in [0.1, 0.15) is 23.3 Å². The van der Waals surface area contributed by atoms with Gasteiger partial charge in [-0.25, -0.2) is 4.98 Å². The van der Waals surface area contributed by atoms with Crippen LogP contribution in [0.5, 0.6) is 11.5 Å². The number of carbonyl (C=O) groups is 2. The van der Waals surface area contributed by atoms with Gasteiger partial charge in [0.2, 0.25) is 0 Å². The number of hydrogen-bond donors (Lipinski definition) is 1. The Balaban J connectivity index is 1.69. The van der Waals surface area contributed by atoms with Crippen molar-refractivity contribution in [3.8, 4) is 11.5 Å². The van der Waals surface area contributed by atoms with E-state index in [1.54, 1.807) is 12.1 Å². The van der Waals surface area contributed by atoms with E-state index in [0.717, 1.165) is 15.1 Å². The number of carbonyl (C=O) groups excluding carboxylic acids is 2. The number of methoxy groups -OCH3 is 1. The van der Waals surface area contributed by atoms with Crippen LogP contribution in [-0.2, 0) is 9.59 Å². The minimum atomic E-state index is -0.813. The van der Waals surface area contributed by atoms with Gasteiger partial charge in [0, 0.05) is 4.88 Å². The van der Waals surface area contributed by atoms with E-state index in [1.807, 2.05) is 55.6 Å². The van der Waals surface area contributed by atoms with Crippen LogP contribution in [-0.4, -0.2) is 35.5 Å². The van der Waals surface area contributed by atoms with Gasteiger partial charge in [-0.15, -0.1) is 11.3 Å². The van der Waals surface area contributed by atoms with Crippen LogP contribution in [0.4, 0.5) is 5.13 Å². The highest BCUT2D eigenvalue weighted by molar-refractivity contribution is 7.22. The Labute approximate surface area is 209 Å². The second-order valence-electron chi connectivity index (χ2n) is 7.95. The number of ketones is 1. The van der Waals surface area contributed by atoms with E-state index in [-0.39, 0.29) is 11.3 Å². The topological polar surface area (TPSA) is 89.0 Å². The number of nitrogens with zero attached hydrogens (tertiary/aromatic N) is 2. The fraction of sp³-hybridized carbons (Fsp3) is 0.192. The number of ether oxygens (including phenoxy) is 2. The minimum Gasteiger partial charge on any atom is -0.507 e. The standard InChI is InChI=1S/C26H22N2O5S2/c1-4-33-15-8-9-17-20(13-15)35-26(27-17)28-22(19-6-5-11-34-19)21(24(30)25(28)31)23(29)16-12-14(2)7-10-18(16)32-3/h5-13,22,29H,4H2,1-3H3/b23-21+. The molecule has 5 rings (SSSR count). The summed E-state index contributed by atoms with van der Waals surface area (Å²) >= 11 is 2.70. The summed E-state index contributed by atoms with van der Waals surface area (Å²) in [5.41, 5.74) is 1.94. The summed E-state index contributed by atoms with van der Waals surface area (Å²) in [6.45, 7) is 4.32. The van der Waals surface area contributed by atoms with Crippen LogP contribution in [0.15, 0.2) is 59.5 Å². The maximum absolute atomic E-state index is 13.4. The fourth-order valence-electron chi connectivity index (χ4n) is 4.15. The molecule has 178 valence electrons. The number of aromatic nitrogens is 1. The molecule has 1 unspecified atom stereocenters. The molecule has 7 nitrogen and oxygen atoms in total.